The first kappa shape index (κ1) is 28.0. The molecule has 0 aliphatic carbocycles. The van der Waals surface area contributed by atoms with E-state index >= 15 is 0 Å². The van der Waals surface area contributed by atoms with Crippen LogP contribution in [0.25, 0.3) is 11.3 Å². The Morgan fingerprint density at radius 3 is 2.33 bits per heavy atom. The summed E-state index contributed by atoms with van der Waals surface area (Å²) in [6, 6.07) is 11.7. The monoisotopic (exact) mass is 766 g/mol. The van der Waals surface area contributed by atoms with Crippen LogP contribution in [0.4, 0.5) is 5.95 Å². The van der Waals surface area contributed by atoms with E-state index in [0.29, 0.717) is 23.7 Å². The molecule has 2 bridgehead atoms. The zero-order valence-electron chi connectivity index (χ0n) is 22.3. The number of carbonyl (C=O) groups is 1. The number of halogens is 2. The molecule has 6 heterocycles. The molecule has 40 heavy (non-hydrogen) atoms. The maximum absolute atomic E-state index is 11.1. The highest BCUT2D eigenvalue weighted by Gasteiger charge is 2.42. The Kier molecular flexibility index (Phi) is 8.43. The number of piperidine rings is 2. The Hall–Kier alpha value is -2.10. The second-order valence-corrected chi connectivity index (χ2v) is 13.6. The van der Waals surface area contributed by atoms with Crippen molar-refractivity contribution in [3.63, 3.8) is 0 Å². The fourth-order valence-electron chi connectivity index (χ4n) is 6.01. The van der Waals surface area contributed by atoms with Crippen molar-refractivity contribution in [3.05, 3.63) is 55.4 Å². The van der Waals surface area contributed by atoms with Gasteiger partial charge in [0.25, 0.3) is 0 Å². The zero-order valence-corrected chi connectivity index (χ0v) is 26.7. The van der Waals surface area contributed by atoms with Crippen LogP contribution in [0.3, 0.4) is 0 Å². The Bertz CT molecular complexity index is 1350. The van der Waals surface area contributed by atoms with Crippen LogP contribution in [0.1, 0.15) is 31.2 Å². The number of hydrogen-bond donors (Lipinski definition) is 1. The molecular formula is C29H32I2N6O3. The number of aliphatic carboxylic acids is 1. The summed E-state index contributed by atoms with van der Waals surface area (Å²) in [5.74, 6) is 1.37. The molecule has 0 spiro atoms. The van der Waals surface area contributed by atoms with E-state index in [-0.39, 0.29) is 12.3 Å². The van der Waals surface area contributed by atoms with Gasteiger partial charge in [-0.2, -0.15) is 0 Å². The quantitative estimate of drug-likeness (QED) is 0.314. The van der Waals surface area contributed by atoms with Gasteiger partial charge in [0.2, 0.25) is 11.8 Å². The maximum atomic E-state index is 11.1. The molecule has 0 radical (unpaired) electrons. The average Bonchev–Trinajstić information content (AvgIpc) is 2.93. The molecule has 9 nitrogen and oxygen atoms in total. The second-order valence-electron chi connectivity index (χ2n) is 11.1. The van der Waals surface area contributed by atoms with Crippen molar-refractivity contribution in [1.29, 1.82) is 0 Å². The van der Waals surface area contributed by atoms with Crippen LogP contribution in [-0.2, 0) is 11.3 Å². The minimum atomic E-state index is -0.705. The van der Waals surface area contributed by atoms with Gasteiger partial charge in [-0.05, 0) is 120 Å². The molecule has 210 valence electrons. The Balaban J connectivity index is 1.20. The summed E-state index contributed by atoms with van der Waals surface area (Å²) < 4.78 is 8.54. The molecule has 1 aromatic carbocycles. The van der Waals surface area contributed by atoms with E-state index < -0.39 is 5.97 Å². The number of carboxylic acids is 1. The van der Waals surface area contributed by atoms with Gasteiger partial charge in [-0.1, -0.05) is 0 Å². The third-order valence-electron chi connectivity index (χ3n) is 8.27. The molecule has 2 atom stereocenters. The Morgan fingerprint density at radius 1 is 1.02 bits per heavy atom. The lowest BCUT2D eigenvalue weighted by Crippen LogP contribution is -2.67. The van der Waals surface area contributed by atoms with Gasteiger partial charge in [0.15, 0.2) is 5.75 Å². The molecule has 4 aliphatic heterocycles. The van der Waals surface area contributed by atoms with Crippen LogP contribution >= 0.6 is 45.2 Å². The first-order valence-corrected chi connectivity index (χ1v) is 15.8. The number of hydrogen-bond acceptors (Lipinski definition) is 8. The van der Waals surface area contributed by atoms with E-state index in [1.807, 2.05) is 6.07 Å². The molecule has 4 fully saturated rings. The number of aromatic nitrogens is 3. The van der Waals surface area contributed by atoms with Crippen molar-refractivity contribution in [2.45, 2.75) is 44.3 Å². The lowest BCUT2D eigenvalue weighted by atomic mass is 9.89. The molecular weight excluding hydrogens is 734 g/mol. The van der Waals surface area contributed by atoms with E-state index in [1.165, 1.54) is 6.42 Å². The fraction of sp³-hybridized carbons (Fsp3) is 0.448. The number of nitrogens with zero attached hydrogens (tertiary/aromatic N) is 6. The number of pyridine rings is 1. The van der Waals surface area contributed by atoms with Gasteiger partial charge < -0.3 is 14.7 Å². The summed E-state index contributed by atoms with van der Waals surface area (Å²) in [7, 11) is 2.20. The third kappa shape index (κ3) is 6.52. The lowest BCUT2D eigenvalue weighted by Gasteiger charge is -2.54. The number of anilines is 1. The SMILES string of the molecule is CN1C2CC1CN(c1ncc(Oc3cc(CN4CCC(CC(=O)O)CC4)cc(-c4cc(I)cc(I)c4)n3)cn1)C2. The van der Waals surface area contributed by atoms with Crippen molar-refractivity contribution in [3.8, 4) is 22.9 Å². The smallest absolute Gasteiger partial charge is 0.303 e. The van der Waals surface area contributed by atoms with Crippen molar-refractivity contribution in [1.82, 2.24) is 24.8 Å². The highest BCUT2D eigenvalue weighted by atomic mass is 127. The van der Waals surface area contributed by atoms with Crippen molar-refractivity contribution < 1.29 is 14.6 Å². The lowest BCUT2D eigenvalue weighted by molar-refractivity contribution is -0.138. The van der Waals surface area contributed by atoms with Crippen molar-refractivity contribution in [2.24, 2.45) is 5.92 Å². The van der Waals surface area contributed by atoms with Gasteiger partial charge in [-0.15, -0.1) is 0 Å². The molecule has 4 saturated heterocycles. The summed E-state index contributed by atoms with van der Waals surface area (Å²) >= 11 is 4.68. The number of ether oxygens (including phenoxy) is 1. The highest BCUT2D eigenvalue weighted by molar-refractivity contribution is 14.1. The van der Waals surface area contributed by atoms with Crippen LogP contribution in [0.5, 0.6) is 11.6 Å². The predicted molar refractivity (Wildman–Crippen MR) is 170 cm³/mol. The topological polar surface area (TPSA) is 94.9 Å². The minimum Gasteiger partial charge on any atom is -0.481 e. The Labute approximate surface area is 261 Å². The highest BCUT2D eigenvalue weighted by Crippen LogP contribution is 2.33. The first-order valence-electron chi connectivity index (χ1n) is 13.7. The summed E-state index contributed by atoms with van der Waals surface area (Å²) in [6.07, 6.45) is 6.80. The average molecular weight is 766 g/mol. The number of likely N-dealkylation sites (tertiary alicyclic amines) is 1. The molecule has 0 saturated carbocycles. The summed E-state index contributed by atoms with van der Waals surface area (Å²) in [6.45, 7) is 4.45. The molecule has 3 aromatic rings. The maximum Gasteiger partial charge on any atom is 0.303 e. The number of benzene rings is 1. The molecule has 1 N–H and O–H groups in total. The van der Waals surface area contributed by atoms with Gasteiger partial charge in [0.1, 0.15) is 0 Å². The van der Waals surface area contributed by atoms with Gasteiger partial charge >= 0.3 is 5.97 Å². The van der Waals surface area contributed by atoms with Crippen molar-refractivity contribution >= 4 is 57.1 Å². The van der Waals surface area contributed by atoms with E-state index in [9.17, 15) is 4.79 Å². The standard InChI is InChI=1S/C29H32I2N6O3/c1-35-23-12-24(35)17-37(16-23)29-32-13-25(14-33-29)40-27-7-19(15-36-4-2-18(3-5-36)8-28(38)39)6-26(34-27)20-9-21(30)11-22(31)10-20/h6-7,9-11,13-14,18,23-24H,2-5,8,12,15-17H2,1H3,(H,38,39). The van der Waals surface area contributed by atoms with E-state index in [4.69, 9.17) is 14.8 Å². The molecule has 4 aliphatic rings. The van der Waals surface area contributed by atoms with E-state index in [2.05, 4.69) is 101 Å². The number of carboxylic acid groups (broad SMARTS) is 1. The van der Waals surface area contributed by atoms with Gasteiger partial charge in [0.05, 0.1) is 18.1 Å². The summed E-state index contributed by atoms with van der Waals surface area (Å²) in [5.41, 5.74) is 3.02. The van der Waals surface area contributed by atoms with Gasteiger partial charge in [-0.25, -0.2) is 15.0 Å². The zero-order chi connectivity index (χ0) is 27.8. The largest absolute Gasteiger partial charge is 0.481 e. The molecule has 2 unspecified atom stereocenters. The van der Waals surface area contributed by atoms with Gasteiger partial charge in [0, 0.05) is 56.9 Å². The molecule has 2 aromatic heterocycles. The van der Waals surface area contributed by atoms with Gasteiger partial charge in [-0.3, -0.25) is 14.6 Å². The molecule has 11 heteroatoms. The van der Waals surface area contributed by atoms with Crippen molar-refractivity contribution in [2.75, 3.05) is 38.1 Å². The second kappa shape index (κ2) is 12.0. The number of rotatable bonds is 8. The number of fused-ring (bicyclic) bond motifs is 2. The minimum absolute atomic E-state index is 0.257. The van der Waals surface area contributed by atoms with Crippen LogP contribution < -0.4 is 9.64 Å². The Morgan fingerprint density at radius 2 is 1.70 bits per heavy atom. The summed E-state index contributed by atoms with van der Waals surface area (Å²) in [4.78, 5) is 32.3. The summed E-state index contributed by atoms with van der Waals surface area (Å²) in [5, 5.41) is 9.15. The van der Waals surface area contributed by atoms with Crippen LogP contribution in [0.15, 0.2) is 42.7 Å². The normalized spacial score (nSPS) is 21.7. The predicted octanol–water partition coefficient (Wildman–Crippen LogP) is 5.12. The van der Waals surface area contributed by atoms with E-state index in [0.717, 1.165) is 75.5 Å². The third-order valence-corrected chi connectivity index (χ3v) is 9.52. The van der Waals surface area contributed by atoms with Crippen LogP contribution in [0.2, 0.25) is 0 Å². The molecule has 7 rings (SSSR count). The van der Waals surface area contributed by atoms with Crippen LogP contribution in [-0.4, -0.2) is 81.1 Å². The molecule has 0 amide bonds. The fourth-order valence-corrected chi connectivity index (χ4v) is 7.95. The first-order chi connectivity index (χ1) is 19.3. The number of piperazine rings is 1. The van der Waals surface area contributed by atoms with Crippen LogP contribution in [0, 0.1) is 13.1 Å². The van der Waals surface area contributed by atoms with E-state index in [1.54, 1.807) is 12.4 Å². The number of likely N-dealkylation sites (N-methyl/N-ethyl adjacent to an activating group) is 1.